The second kappa shape index (κ2) is 7.95. The number of aromatic nitrogens is 6. The minimum atomic E-state index is 0.0795. The van der Waals surface area contributed by atoms with Crippen molar-refractivity contribution in [2.45, 2.75) is 64.6 Å². The molecule has 8 nitrogen and oxygen atoms in total. The summed E-state index contributed by atoms with van der Waals surface area (Å²) in [6.07, 6.45) is 7.69. The van der Waals surface area contributed by atoms with E-state index >= 15 is 0 Å². The van der Waals surface area contributed by atoms with E-state index in [4.69, 9.17) is 0 Å². The third-order valence-corrected chi connectivity index (χ3v) is 6.60. The third-order valence-electron chi connectivity index (χ3n) is 6.60. The summed E-state index contributed by atoms with van der Waals surface area (Å²) in [7, 11) is 0. The molecule has 0 aliphatic carbocycles. The topological polar surface area (TPSA) is 98.4 Å². The molecule has 3 N–H and O–H groups in total. The predicted molar refractivity (Wildman–Crippen MR) is 132 cm³/mol. The lowest BCUT2D eigenvalue weighted by Gasteiger charge is -2.49. The van der Waals surface area contributed by atoms with Gasteiger partial charge in [0.1, 0.15) is 0 Å². The first-order chi connectivity index (χ1) is 15.8. The van der Waals surface area contributed by atoms with Gasteiger partial charge < -0.3 is 10.2 Å². The summed E-state index contributed by atoms with van der Waals surface area (Å²) in [5.41, 5.74) is 5.03. The highest BCUT2D eigenvalue weighted by Gasteiger charge is 2.40. The molecule has 8 heteroatoms. The van der Waals surface area contributed by atoms with Crippen LogP contribution in [0, 0.1) is 0 Å². The van der Waals surface area contributed by atoms with Crippen molar-refractivity contribution in [3.63, 3.8) is 0 Å². The zero-order valence-corrected chi connectivity index (χ0v) is 20.0. The van der Waals surface area contributed by atoms with Crippen LogP contribution in [0.1, 0.15) is 47.5 Å². The number of rotatable bonds is 5. The van der Waals surface area contributed by atoms with E-state index in [9.17, 15) is 0 Å². The van der Waals surface area contributed by atoms with Gasteiger partial charge in [0, 0.05) is 46.4 Å². The molecule has 33 heavy (non-hydrogen) atoms. The number of fused-ring (bicyclic) bond motifs is 1. The molecule has 1 fully saturated rings. The highest BCUT2D eigenvalue weighted by molar-refractivity contribution is 6.01. The number of anilines is 1. The van der Waals surface area contributed by atoms with Crippen LogP contribution in [-0.4, -0.2) is 54.3 Å². The van der Waals surface area contributed by atoms with Gasteiger partial charge in [0.15, 0.2) is 5.82 Å². The SMILES string of the molecule is CCN(c1ccc(-c2ccc(-c3cn[nH]c3)c3cn[nH]c23)nn1)C1CC(C)(C)NC(C)(C)C1. The summed E-state index contributed by atoms with van der Waals surface area (Å²) in [5.74, 6) is 0.927. The zero-order chi connectivity index (χ0) is 23.2. The second-order valence-corrected chi connectivity index (χ2v) is 10.3. The molecule has 1 aliphatic rings. The molecule has 0 spiro atoms. The van der Waals surface area contributed by atoms with Crippen LogP contribution < -0.4 is 10.2 Å². The third kappa shape index (κ3) is 4.11. The summed E-state index contributed by atoms with van der Waals surface area (Å²) < 4.78 is 0. The molecule has 1 aromatic carbocycles. The Bertz CT molecular complexity index is 1220. The first kappa shape index (κ1) is 21.6. The quantitative estimate of drug-likeness (QED) is 0.418. The number of nitrogens with zero attached hydrogens (tertiary/aromatic N) is 5. The van der Waals surface area contributed by atoms with Crippen molar-refractivity contribution in [2.24, 2.45) is 0 Å². The van der Waals surface area contributed by atoms with E-state index in [2.05, 4.69) is 99.7 Å². The first-order valence-corrected chi connectivity index (χ1v) is 11.6. The van der Waals surface area contributed by atoms with Gasteiger partial charge in [-0.15, -0.1) is 10.2 Å². The number of hydrogen-bond donors (Lipinski definition) is 3. The Morgan fingerprint density at radius 2 is 1.70 bits per heavy atom. The highest BCUT2D eigenvalue weighted by Crippen LogP contribution is 2.35. The van der Waals surface area contributed by atoms with Crippen molar-refractivity contribution in [3.8, 4) is 22.4 Å². The van der Waals surface area contributed by atoms with E-state index in [0.29, 0.717) is 6.04 Å². The Morgan fingerprint density at radius 1 is 0.939 bits per heavy atom. The molecule has 0 atom stereocenters. The monoisotopic (exact) mass is 444 g/mol. The van der Waals surface area contributed by atoms with E-state index in [0.717, 1.165) is 58.5 Å². The largest absolute Gasteiger partial charge is 0.352 e. The van der Waals surface area contributed by atoms with E-state index in [1.165, 1.54) is 0 Å². The normalized spacial score (nSPS) is 18.0. The first-order valence-electron chi connectivity index (χ1n) is 11.6. The standard InChI is InChI=1S/C25H32N8/c1-6-33(17-11-24(2,3)32-25(4,5)12-17)22-10-9-21(29-30-22)19-8-7-18(16-13-26-27-14-16)20-15-28-31-23(19)20/h7-10,13-15,17,32H,6,11-12H2,1-5H3,(H,26,27)(H,28,31). The van der Waals surface area contributed by atoms with Crippen LogP contribution in [-0.2, 0) is 0 Å². The predicted octanol–water partition coefficient (Wildman–Crippen LogP) is 4.55. The van der Waals surface area contributed by atoms with Gasteiger partial charge in [0.25, 0.3) is 0 Å². The Balaban J connectivity index is 1.46. The van der Waals surface area contributed by atoms with Crippen molar-refractivity contribution >= 4 is 16.7 Å². The summed E-state index contributed by atoms with van der Waals surface area (Å²) in [5, 5.41) is 28.5. The van der Waals surface area contributed by atoms with Gasteiger partial charge in [-0.2, -0.15) is 10.2 Å². The van der Waals surface area contributed by atoms with E-state index in [1.807, 2.05) is 18.6 Å². The minimum absolute atomic E-state index is 0.0795. The van der Waals surface area contributed by atoms with Crippen LogP contribution >= 0.6 is 0 Å². The van der Waals surface area contributed by atoms with Crippen LogP contribution in [0.5, 0.6) is 0 Å². The number of benzene rings is 1. The number of nitrogens with one attached hydrogen (secondary N) is 3. The van der Waals surface area contributed by atoms with Crippen LogP contribution in [0.3, 0.4) is 0 Å². The average Bonchev–Trinajstić information content (AvgIpc) is 3.44. The Kier molecular flexibility index (Phi) is 5.20. The smallest absolute Gasteiger partial charge is 0.151 e. The van der Waals surface area contributed by atoms with Crippen LogP contribution in [0.4, 0.5) is 5.82 Å². The van der Waals surface area contributed by atoms with Gasteiger partial charge in [0.2, 0.25) is 0 Å². The van der Waals surface area contributed by atoms with Gasteiger partial charge in [-0.3, -0.25) is 10.2 Å². The van der Waals surface area contributed by atoms with Gasteiger partial charge in [-0.05, 0) is 71.2 Å². The lowest BCUT2D eigenvalue weighted by molar-refractivity contribution is 0.158. The van der Waals surface area contributed by atoms with Crippen molar-refractivity contribution < 1.29 is 0 Å². The number of aromatic amines is 2. The molecule has 172 valence electrons. The molecule has 0 amide bonds. The van der Waals surface area contributed by atoms with Crippen LogP contribution in [0.15, 0.2) is 42.9 Å². The summed E-state index contributed by atoms with van der Waals surface area (Å²) in [6, 6.07) is 8.73. The lowest BCUT2D eigenvalue weighted by atomic mass is 9.79. The maximum absolute atomic E-state index is 4.67. The zero-order valence-electron chi connectivity index (χ0n) is 20.0. The fraction of sp³-hybridized carbons (Fsp3) is 0.440. The second-order valence-electron chi connectivity index (χ2n) is 10.3. The van der Waals surface area contributed by atoms with E-state index < -0.39 is 0 Å². The molecular weight excluding hydrogens is 412 g/mol. The molecule has 0 saturated carbocycles. The molecule has 0 unspecified atom stereocenters. The highest BCUT2D eigenvalue weighted by atomic mass is 15.3. The van der Waals surface area contributed by atoms with Gasteiger partial charge in [0.05, 0.1) is 23.6 Å². The van der Waals surface area contributed by atoms with Gasteiger partial charge >= 0.3 is 0 Å². The molecule has 3 aromatic heterocycles. The van der Waals surface area contributed by atoms with Crippen molar-refractivity contribution in [1.29, 1.82) is 0 Å². The van der Waals surface area contributed by atoms with Crippen LogP contribution in [0.25, 0.3) is 33.3 Å². The van der Waals surface area contributed by atoms with Crippen molar-refractivity contribution in [3.05, 3.63) is 42.9 Å². The summed E-state index contributed by atoms with van der Waals surface area (Å²) >= 11 is 0. The number of piperidine rings is 1. The number of H-pyrrole nitrogens is 2. The Hall–Kier alpha value is -3.26. The lowest BCUT2D eigenvalue weighted by Crippen LogP contribution is -2.62. The molecule has 1 saturated heterocycles. The van der Waals surface area contributed by atoms with Crippen molar-refractivity contribution in [1.82, 2.24) is 35.9 Å². The van der Waals surface area contributed by atoms with Crippen molar-refractivity contribution in [2.75, 3.05) is 11.4 Å². The number of hydrogen-bond acceptors (Lipinski definition) is 6. The van der Waals surface area contributed by atoms with Gasteiger partial charge in [-0.25, -0.2) is 0 Å². The minimum Gasteiger partial charge on any atom is -0.352 e. The fourth-order valence-corrected chi connectivity index (χ4v) is 5.62. The Morgan fingerprint density at radius 3 is 2.33 bits per heavy atom. The molecule has 0 bridgehead atoms. The maximum atomic E-state index is 4.67. The maximum Gasteiger partial charge on any atom is 0.151 e. The van der Waals surface area contributed by atoms with Crippen LogP contribution in [0.2, 0.25) is 0 Å². The average molecular weight is 445 g/mol. The molecule has 4 aromatic rings. The van der Waals surface area contributed by atoms with E-state index in [1.54, 1.807) is 0 Å². The molecular formula is C25H32N8. The molecule has 4 heterocycles. The summed E-state index contributed by atoms with van der Waals surface area (Å²) in [6.45, 7) is 12.2. The summed E-state index contributed by atoms with van der Waals surface area (Å²) in [4.78, 5) is 2.40. The van der Waals surface area contributed by atoms with E-state index in [-0.39, 0.29) is 11.1 Å². The Labute approximate surface area is 194 Å². The van der Waals surface area contributed by atoms with Gasteiger partial charge in [-0.1, -0.05) is 6.07 Å². The molecule has 0 radical (unpaired) electrons. The fourth-order valence-electron chi connectivity index (χ4n) is 5.62. The molecule has 1 aliphatic heterocycles. The molecule has 5 rings (SSSR count).